The lowest BCUT2D eigenvalue weighted by atomic mass is 10.2. The van der Waals surface area contributed by atoms with E-state index in [9.17, 15) is 17.6 Å². The fourth-order valence-corrected chi connectivity index (χ4v) is 1.68. The van der Waals surface area contributed by atoms with Gasteiger partial charge in [-0.2, -0.15) is 18.3 Å². The fourth-order valence-electron chi connectivity index (χ4n) is 1.68. The maximum atomic E-state index is 13.5. The van der Waals surface area contributed by atoms with Crippen LogP contribution in [0.1, 0.15) is 30.0 Å². The van der Waals surface area contributed by atoms with E-state index in [0.29, 0.717) is 5.69 Å². The van der Waals surface area contributed by atoms with E-state index in [0.717, 1.165) is 6.07 Å². The van der Waals surface area contributed by atoms with E-state index in [2.05, 4.69) is 20.5 Å². The summed E-state index contributed by atoms with van der Waals surface area (Å²) in [5.41, 5.74) is -0.487. The molecule has 0 aliphatic heterocycles. The molecule has 2 rings (SSSR count). The Hall–Kier alpha value is -2.09. The van der Waals surface area contributed by atoms with E-state index in [4.69, 9.17) is 0 Å². The summed E-state index contributed by atoms with van der Waals surface area (Å²) < 4.78 is 50.5. The second-order valence-electron chi connectivity index (χ2n) is 4.38. The molecule has 2 heterocycles. The number of nitrogens with zero attached hydrogens (tertiary/aromatic N) is 3. The average Bonchev–Trinajstić information content (AvgIpc) is 2.45. The molecule has 0 bridgehead atoms. The predicted molar refractivity (Wildman–Crippen MR) is 66.5 cm³/mol. The Kier molecular flexibility index (Phi) is 4.46. The lowest BCUT2D eigenvalue weighted by Gasteiger charge is -2.13. The van der Waals surface area contributed by atoms with Gasteiger partial charge in [0.1, 0.15) is 5.82 Å². The lowest BCUT2D eigenvalue weighted by Crippen LogP contribution is -2.21. The molecular weight excluding hydrogens is 288 g/mol. The van der Waals surface area contributed by atoms with Crippen LogP contribution in [0, 0.1) is 5.82 Å². The highest BCUT2D eigenvalue weighted by Gasteiger charge is 2.32. The van der Waals surface area contributed by atoms with Crippen molar-refractivity contribution in [2.45, 2.75) is 25.7 Å². The predicted octanol–water partition coefficient (Wildman–Crippen LogP) is 2.88. The molecule has 8 heteroatoms. The molecule has 0 aromatic carbocycles. The van der Waals surface area contributed by atoms with Gasteiger partial charge in [0, 0.05) is 18.8 Å². The van der Waals surface area contributed by atoms with Crippen molar-refractivity contribution in [1.29, 1.82) is 0 Å². The average molecular weight is 300 g/mol. The van der Waals surface area contributed by atoms with Gasteiger partial charge in [-0.15, -0.1) is 5.10 Å². The summed E-state index contributed by atoms with van der Waals surface area (Å²) in [4.78, 5) is 3.91. The number of aromatic nitrogens is 3. The summed E-state index contributed by atoms with van der Waals surface area (Å²) in [6, 6.07) is 4.45. The first kappa shape index (κ1) is 15.3. The van der Waals surface area contributed by atoms with Crippen molar-refractivity contribution in [3.8, 4) is 0 Å². The monoisotopic (exact) mass is 300 g/mol. The lowest BCUT2D eigenvalue weighted by molar-refractivity contribution is -0.141. The second-order valence-corrected chi connectivity index (χ2v) is 4.38. The third kappa shape index (κ3) is 3.94. The van der Waals surface area contributed by atoms with Gasteiger partial charge in [0.25, 0.3) is 0 Å². The summed E-state index contributed by atoms with van der Waals surface area (Å²) in [6.07, 6.45) is -3.04. The number of hydrogen-bond acceptors (Lipinski definition) is 4. The van der Waals surface area contributed by atoms with E-state index in [-0.39, 0.29) is 12.2 Å². The van der Waals surface area contributed by atoms with Crippen LogP contribution in [0.15, 0.2) is 30.5 Å². The Morgan fingerprint density at radius 3 is 2.52 bits per heavy atom. The van der Waals surface area contributed by atoms with E-state index in [1.165, 1.54) is 24.4 Å². The van der Waals surface area contributed by atoms with E-state index in [1.807, 2.05) is 0 Å². The van der Waals surface area contributed by atoms with Gasteiger partial charge >= 0.3 is 6.18 Å². The second kappa shape index (κ2) is 6.13. The summed E-state index contributed by atoms with van der Waals surface area (Å²) in [5.74, 6) is -0.448. The van der Waals surface area contributed by atoms with Crippen LogP contribution in [-0.2, 0) is 12.7 Å². The summed E-state index contributed by atoms with van der Waals surface area (Å²) in [5, 5.41) is 9.53. The Labute approximate surface area is 118 Å². The van der Waals surface area contributed by atoms with Crippen LogP contribution in [0.25, 0.3) is 0 Å². The smallest absolute Gasteiger partial charge is 0.303 e. The van der Waals surface area contributed by atoms with Gasteiger partial charge in [0.05, 0.1) is 11.4 Å². The van der Waals surface area contributed by atoms with Crippen molar-refractivity contribution in [1.82, 2.24) is 20.5 Å². The molecule has 1 atom stereocenters. The van der Waals surface area contributed by atoms with Crippen LogP contribution in [-0.4, -0.2) is 15.2 Å². The van der Waals surface area contributed by atoms with E-state index >= 15 is 0 Å². The SMILES string of the molecule is CC(NCc1ccc(C(F)(F)F)nn1)c1ncccc1F. The molecule has 0 aliphatic carbocycles. The summed E-state index contributed by atoms with van der Waals surface area (Å²) in [7, 11) is 0. The van der Waals surface area contributed by atoms with Gasteiger partial charge in [-0.25, -0.2) is 4.39 Å². The Morgan fingerprint density at radius 1 is 1.19 bits per heavy atom. The maximum absolute atomic E-state index is 13.5. The van der Waals surface area contributed by atoms with Crippen LogP contribution in [0.5, 0.6) is 0 Å². The zero-order chi connectivity index (χ0) is 15.5. The molecule has 0 fully saturated rings. The minimum atomic E-state index is -4.51. The quantitative estimate of drug-likeness (QED) is 0.882. The molecule has 0 spiro atoms. The van der Waals surface area contributed by atoms with Crippen molar-refractivity contribution >= 4 is 0 Å². The standard InChI is InChI=1S/C13H12F4N4/c1-8(12-10(14)3-2-6-18-12)19-7-9-4-5-11(21-20-9)13(15,16)17/h2-6,8,19H,7H2,1H3. The molecule has 21 heavy (non-hydrogen) atoms. The number of halogens is 4. The third-order valence-electron chi connectivity index (χ3n) is 2.80. The first-order chi connectivity index (χ1) is 9.88. The van der Waals surface area contributed by atoms with Crippen molar-refractivity contribution in [2.24, 2.45) is 0 Å². The molecular formula is C13H12F4N4. The van der Waals surface area contributed by atoms with Crippen LogP contribution >= 0.6 is 0 Å². The molecule has 0 saturated carbocycles. The zero-order valence-electron chi connectivity index (χ0n) is 11.0. The van der Waals surface area contributed by atoms with Crippen LogP contribution in [0.3, 0.4) is 0 Å². The molecule has 0 aliphatic rings. The van der Waals surface area contributed by atoms with Crippen molar-refractivity contribution < 1.29 is 17.6 Å². The van der Waals surface area contributed by atoms with E-state index in [1.54, 1.807) is 6.92 Å². The summed E-state index contributed by atoms with van der Waals surface area (Å²) in [6.45, 7) is 1.85. The first-order valence-corrected chi connectivity index (χ1v) is 6.11. The maximum Gasteiger partial charge on any atom is 0.435 e. The highest BCUT2D eigenvalue weighted by molar-refractivity contribution is 5.12. The van der Waals surface area contributed by atoms with Crippen LogP contribution in [0.4, 0.5) is 17.6 Å². The minimum Gasteiger partial charge on any atom is -0.303 e. The largest absolute Gasteiger partial charge is 0.435 e. The number of alkyl halides is 3. The minimum absolute atomic E-state index is 0.155. The number of hydrogen-bond donors (Lipinski definition) is 1. The topological polar surface area (TPSA) is 50.7 Å². The Bertz CT molecular complexity index is 598. The van der Waals surface area contributed by atoms with Gasteiger partial charge in [0.2, 0.25) is 0 Å². The normalized spacial score (nSPS) is 13.2. The number of pyridine rings is 1. The van der Waals surface area contributed by atoms with Crippen LogP contribution < -0.4 is 5.32 Å². The third-order valence-corrected chi connectivity index (χ3v) is 2.80. The molecule has 2 aromatic rings. The van der Waals surface area contributed by atoms with E-state index < -0.39 is 23.7 Å². The molecule has 2 aromatic heterocycles. The zero-order valence-corrected chi connectivity index (χ0v) is 11.0. The number of nitrogens with one attached hydrogen (secondary N) is 1. The molecule has 0 radical (unpaired) electrons. The van der Waals surface area contributed by atoms with Gasteiger partial charge < -0.3 is 5.32 Å². The van der Waals surface area contributed by atoms with Gasteiger partial charge in [-0.05, 0) is 31.2 Å². The molecule has 0 amide bonds. The molecule has 0 saturated heterocycles. The van der Waals surface area contributed by atoms with Gasteiger partial charge in [-0.3, -0.25) is 4.98 Å². The Morgan fingerprint density at radius 2 is 1.95 bits per heavy atom. The van der Waals surface area contributed by atoms with Crippen molar-refractivity contribution in [2.75, 3.05) is 0 Å². The van der Waals surface area contributed by atoms with Gasteiger partial charge in [-0.1, -0.05) is 0 Å². The molecule has 1 N–H and O–H groups in total. The molecule has 1 unspecified atom stereocenters. The fraction of sp³-hybridized carbons (Fsp3) is 0.308. The summed E-state index contributed by atoms with van der Waals surface area (Å²) >= 11 is 0. The van der Waals surface area contributed by atoms with Crippen molar-refractivity contribution in [3.05, 3.63) is 53.4 Å². The molecule has 112 valence electrons. The Balaban J connectivity index is 1.99. The highest BCUT2D eigenvalue weighted by Crippen LogP contribution is 2.26. The van der Waals surface area contributed by atoms with Crippen LogP contribution in [0.2, 0.25) is 0 Å². The highest BCUT2D eigenvalue weighted by atomic mass is 19.4. The first-order valence-electron chi connectivity index (χ1n) is 6.11. The molecule has 4 nitrogen and oxygen atoms in total. The van der Waals surface area contributed by atoms with Gasteiger partial charge in [0.15, 0.2) is 5.69 Å². The van der Waals surface area contributed by atoms with Crippen molar-refractivity contribution in [3.63, 3.8) is 0 Å². The number of rotatable bonds is 4.